The third-order valence-corrected chi connectivity index (χ3v) is 2.15. The Morgan fingerprint density at radius 1 is 1.67 bits per heavy atom. The predicted octanol–water partition coefficient (Wildman–Crippen LogP) is 0.899. The molecule has 0 aliphatic heterocycles. The molecule has 0 aromatic carbocycles. The van der Waals surface area contributed by atoms with Gasteiger partial charge in [-0.15, -0.1) is 0 Å². The van der Waals surface area contributed by atoms with Gasteiger partial charge in [0.2, 0.25) is 0 Å². The maximum absolute atomic E-state index is 10.3. The first-order chi connectivity index (χ1) is 5.70. The largest absolute Gasteiger partial charge is 0.404 e. The molecule has 0 heterocycles. The fourth-order valence-electron chi connectivity index (χ4n) is 0.856. The van der Waals surface area contributed by atoms with Crippen LogP contribution in [-0.4, -0.2) is 19.0 Å². The number of carbonyl (C=O) groups excluding carboxylic acids is 1. The smallest absolute Gasteiger partial charge is 0.153 e. The van der Waals surface area contributed by atoms with Crippen LogP contribution in [-0.2, 0) is 4.79 Å². The molecule has 1 aliphatic rings. The van der Waals surface area contributed by atoms with Crippen molar-refractivity contribution in [2.45, 2.75) is 19.8 Å². The van der Waals surface area contributed by atoms with Crippen LogP contribution in [0.2, 0.25) is 0 Å². The van der Waals surface area contributed by atoms with E-state index in [0.717, 1.165) is 6.54 Å². The summed E-state index contributed by atoms with van der Waals surface area (Å²) < 4.78 is 0. The Kier molecular flexibility index (Phi) is 2.63. The average molecular weight is 166 g/mol. The summed E-state index contributed by atoms with van der Waals surface area (Å²) in [5.74, 6) is 0. The molecule has 0 aromatic heterocycles. The van der Waals surface area contributed by atoms with Gasteiger partial charge >= 0.3 is 0 Å². The number of nitrogens with zero attached hydrogens (tertiary/aromatic N) is 1. The van der Waals surface area contributed by atoms with Gasteiger partial charge in [0.25, 0.3) is 0 Å². The molecular weight excluding hydrogens is 152 g/mol. The first kappa shape index (κ1) is 8.97. The monoisotopic (exact) mass is 166 g/mol. The molecule has 0 spiro atoms. The number of rotatable bonds is 4. The van der Waals surface area contributed by atoms with Gasteiger partial charge in [-0.05, 0) is 18.3 Å². The molecule has 3 nitrogen and oxygen atoms in total. The van der Waals surface area contributed by atoms with Crippen molar-refractivity contribution in [3.05, 3.63) is 11.8 Å². The lowest BCUT2D eigenvalue weighted by atomic mass is 10.1. The van der Waals surface area contributed by atoms with E-state index in [1.807, 2.05) is 0 Å². The van der Waals surface area contributed by atoms with Crippen LogP contribution in [0.5, 0.6) is 0 Å². The topological polar surface area (TPSA) is 55.5 Å². The first-order valence-corrected chi connectivity index (χ1v) is 4.07. The van der Waals surface area contributed by atoms with Crippen LogP contribution >= 0.6 is 0 Å². The molecular formula is C9H14N2O. The Morgan fingerprint density at radius 3 is 2.75 bits per heavy atom. The van der Waals surface area contributed by atoms with Crippen molar-refractivity contribution in [3.8, 4) is 0 Å². The van der Waals surface area contributed by atoms with Gasteiger partial charge in [0.1, 0.15) is 0 Å². The van der Waals surface area contributed by atoms with E-state index >= 15 is 0 Å². The van der Waals surface area contributed by atoms with Crippen molar-refractivity contribution in [3.63, 3.8) is 0 Å². The minimum atomic E-state index is 0.402. The van der Waals surface area contributed by atoms with E-state index in [2.05, 4.69) is 11.9 Å². The van der Waals surface area contributed by atoms with E-state index < -0.39 is 0 Å². The van der Waals surface area contributed by atoms with Gasteiger partial charge in [-0.25, -0.2) is 0 Å². The third-order valence-electron chi connectivity index (χ3n) is 2.15. The zero-order valence-corrected chi connectivity index (χ0v) is 7.29. The van der Waals surface area contributed by atoms with Crippen LogP contribution in [0.15, 0.2) is 16.8 Å². The highest BCUT2D eigenvalue weighted by atomic mass is 16.1. The maximum Gasteiger partial charge on any atom is 0.153 e. The first-order valence-electron chi connectivity index (χ1n) is 4.07. The van der Waals surface area contributed by atoms with Gasteiger partial charge in [-0.2, -0.15) is 0 Å². The molecule has 0 radical (unpaired) electrons. The Morgan fingerprint density at radius 2 is 2.33 bits per heavy atom. The van der Waals surface area contributed by atoms with E-state index in [-0.39, 0.29) is 0 Å². The van der Waals surface area contributed by atoms with E-state index in [1.165, 1.54) is 25.3 Å². The second kappa shape index (κ2) is 3.52. The van der Waals surface area contributed by atoms with Crippen molar-refractivity contribution in [2.24, 2.45) is 16.1 Å². The number of nitrogens with two attached hydrogens (primary N) is 1. The molecule has 2 N–H and O–H groups in total. The maximum atomic E-state index is 10.3. The number of carbonyl (C=O) groups is 1. The molecule has 1 rings (SSSR count). The zero-order valence-electron chi connectivity index (χ0n) is 7.29. The molecule has 0 saturated heterocycles. The van der Waals surface area contributed by atoms with Crippen molar-refractivity contribution < 1.29 is 4.79 Å². The Hall–Kier alpha value is -1.12. The van der Waals surface area contributed by atoms with Crippen LogP contribution in [0.1, 0.15) is 19.8 Å². The van der Waals surface area contributed by atoms with Crippen molar-refractivity contribution in [1.29, 1.82) is 0 Å². The van der Waals surface area contributed by atoms with Gasteiger partial charge in [0.05, 0.1) is 0 Å². The number of allylic oxidation sites excluding steroid dienone is 1. The molecule has 3 heteroatoms. The number of hydrogen-bond donors (Lipinski definition) is 1. The van der Waals surface area contributed by atoms with E-state index in [4.69, 9.17) is 5.73 Å². The fourth-order valence-corrected chi connectivity index (χ4v) is 0.856. The Balaban J connectivity index is 2.34. The molecule has 1 aliphatic carbocycles. The van der Waals surface area contributed by atoms with Gasteiger partial charge in [0, 0.05) is 24.5 Å². The molecule has 0 amide bonds. The minimum absolute atomic E-state index is 0.402. The second-order valence-electron chi connectivity index (χ2n) is 3.56. The normalized spacial score (nSPS) is 21.2. The lowest BCUT2D eigenvalue weighted by molar-refractivity contribution is -0.104. The van der Waals surface area contributed by atoms with Crippen molar-refractivity contribution >= 4 is 12.5 Å². The molecule has 0 bridgehead atoms. The molecule has 1 fully saturated rings. The standard InChI is InChI=1S/C9H14N2O/c1-9(2-3-9)7-11-5-8(4-10)6-12/h4-6H,2-3,7,10H2,1H3. The number of aliphatic imine (C=N–C) groups is 1. The minimum Gasteiger partial charge on any atom is -0.404 e. The van der Waals surface area contributed by atoms with Crippen LogP contribution in [0.4, 0.5) is 0 Å². The van der Waals surface area contributed by atoms with Crippen LogP contribution in [0.25, 0.3) is 0 Å². The van der Waals surface area contributed by atoms with Crippen molar-refractivity contribution in [1.82, 2.24) is 0 Å². The highest BCUT2D eigenvalue weighted by Gasteiger charge is 2.36. The summed E-state index contributed by atoms with van der Waals surface area (Å²) in [7, 11) is 0. The summed E-state index contributed by atoms with van der Waals surface area (Å²) in [6.07, 6.45) is 6.00. The summed E-state index contributed by atoms with van der Waals surface area (Å²) in [5, 5.41) is 0. The van der Waals surface area contributed by atoms with Gasteiger partial charge in [-0.3, -0.25) is 9.79 Å². The highest BCUT2D eigenvalue weighted by molar-refractivity contribution is 6.01. The Labute approximate surface area is 72.4 Å². The zero-order chi connectivity index (χ0) is 9.03. The lowest BCUT2D eigenvalue weighted by Gasteiger charge is -2.00. The molecule has 0 atom stereocenters. The number of hydrogen-bond acceptors (Lipinski definition) is 3. The number of aldehydes is 1. The van der Waals surface area contributed by atoms with E-state index in [1.54, 1.807) is 0 Å². The van der Waals surface area contributed by atoms with Crippen LogP contribution in [0, 0.1) is 5.41 Å². The summed E-state index contributed by atoms with van der Waals surface area (Å²) in [4.78, 5) is 14.4. The summed E-state index contributed by atoms with van der Waals surface area (Å²) >= 11 is 0. The predicted molar refractivity (Wildman–Crippen MR) is 49.0 cm³/mol. The highest BCUT2D eigenvalue weighted by Crippen LogP contribution is 2.44. The summed E-state index contributed by atoms with van der Waals surface area (Å²) in [6, 6.07) is 0. The molecule has 12 heavy (non-hydrogen) atoms. The molecule has 0 unspecified atom stereocenters. The summed E-state index contributed by atoms with van der Waals surface area (Å²) in [5.41, 5.74) is 6.01. The molecule has 66 valence electrons. The van der Waals surface area contributed by atoms with Crippen LogP contribution < -0.4 is 5.73 Å². The van der Waals surface area contributed by atoms with Gasteiger partial charge in [-0.1, -0.05) is 6.92 Å². The lowest BCUT2D eigenvalue weighted by Crippen LogP contribution is -1.99. The van der Waals surface area contributed by atoms with Gasteiger partial charge in [0.15, 0.2) is 6.29 Å². The van der Waals surface area contributed by atoms with Crippen molar-refractivity contribution in [2.75, 3.05) is 6.54 Å². The quantitative estimate of drug-likeness (QED) is 0.383. The van der Waals surface area contributed by atoms with E-state index in [9.17, 15) is 4.79 Å². The Bertz CT molecular complexity index is 227. The molecule has 0 aromatic rings. The summed E-state index contributed by atoms with van der Waals surface area (Å²) in [6.45, 7) is 3.00. The SMILES string of the molecule is CC1(CN=CC(C=O)=CN)CC1. The van der Waals surface area contributed by atoms with Crippen LogP contribution in [0.3, 0.4) is 0 Å². The van der Waals surface area contributed by atoms with E-state index in [0.29, 0.717) is 17.3 Å². The van der Waals surface area contributed by atoms with Gasteiger partial charge < -0.3 is 5.73 Å². The fraction of sp³-hybridized carbons (Fsp3) is 0.556. The average Bonchev–Trinajstić information content (AvgIpc) is 2.78. The molecule has 1 saturated carbocycles. The second-order valence-corrected chi connectivity index (χ2v) is 3.56. The third kappa shape index (κ3) is 2.49.